The van der Waals surface area contributed by atoms with Crippen molar-refractivity contribution in [3.63, 3.8) is 0 Å². The highest BCUT2D eigenvalue weighted by molar-refractivity contribution is 6.35. The molecule has 0 radical (unpaired) electrons. The number of Topliss-reactive ketones (excluding diaryl/α,β-unsaturated/α-hetero) is 1. The minimum absolute atomic E-state index is 0.0470. The number of benzene rings is 1. The standard InChI is InChI=1S/C12H10ClN3O4/c1-2-20-11-4-9(13)8(3-10(11)16(18)19)12(17)7(5-14)6-15/h3-5H,2,14H2,1H3. The Hall–Kier alpha value is -2.59. The van der Waals surface area contributed by atoms with Crippen LogP contribution in [0.25, 0.3) is 0 Å². The first-order chi connectivity index (χ1) is 9.46. The van der Waals surface area contributed by atoms with E-state index in [0.717, 1.165) is 12.3 Å². The number of nitro benzene ring substituents is 1. The summed E-state index contributed by atoms with van der Waals surface area (Å²) in [5.41, 5.74) is 4.19. The van der Waals surface area contributed by atoms with E-state index in [2.05, 4.69) is 0 Å². The summed E-state index contributed by atoms with van der Waals surface area (Å²) in [4.78, 5) is 22.2. The molecule has 104 valence electrons. The lowest BCUT2D eigenvalue weighted by Gasteiger charge is -2.07. The van der Waals surface area contributed by atoms with Crippen molar-refractivity contribution < 1.29 is 14.5 Å². The molecular formula is C12H10ClN3O4. The average molecular weight is 296 g/mol. The molecule has 0 spiro atoms. The molecule has 20 heavy (non-hydrogen) atoms. The number of nitrogens with zero attached hydrogens (tertiary/aromatic N) is 2. The van der Waals surface area contributed by atoms with Gasteiger partial charge in [-0.25, -0.2) is 0 Å². The zero-order valence-electron chi connectivity index (χ0n) is 10.4. The normalized spacial score (nSPS) is 10.8. The number of ether oxygens (including phenoxy) is 1. The van der Waals surface area contributed by atoms with E-state index in [1.807, 2.05) is 0 Å². The van der Waals surface area contributed by atoms with Gasteiger partial charge in [0.25, 0.3) is 0 Å². The maximum Gasteiger partial charge on any atom is 0.311 e. The molecule has 0 heterocycles. The number of rotatable bonds is 5. The number of carbonyl (C=O) groups excluding carboxylic acids is 1. The summed E-state index contributed by atoms with van der Waals surface area (Å²) in [5.74, 6) is -0.833. The van der Waals surface area contributed by atoms with Gasteiger partial charge in [-0.15, -0.1) is 0 Å². The molecule has 0 aliphatic rings. The molecule has 7 nitrogen and oxygen atoms in total. The molecule has 1 aromatic carbocycles. The number of nitriles is 1. The predicted octanol–water partition coefficient (Wildman–Crippen LogP) is 2.20. The monoisotopic (exact) mass is 295 g/mol. The van der Waals surface area contributed by atoms with Crippen LogP contribution in [0.1, 0.15) is 17.3 Å². The van der Waals surface area contributed by atoms with Gasteiger partial charge < -0.3 is 10.5 Å². The van der Waals surface area contributed by atoms with Crippen molar-refractivity contribution in [2.45, 2.75) is 6.92 Å². The molecule has 0 aliphatic carbocycles. The van der Waals surface area contributed by atoms with Crippen molar-refractivity contribution in [3.05, 3.63) is 44.6 Å². The lowest BCUT2D eigenvalue weighted by molar-refractivity contribution is -0.385. The van der Waals surface area contributed by atoms with Gasteiger partial charge in [0.2, 0.25) is 5.78 Å². The Morgan fingerprint density at radius 1 is 1.65 bits per heavy atom. The molecule has 2 N–H and O–H groups in total. The van der Waals surface area contributed by atoms with E-state index in [-0.39, 0.29) is 28.5 Å². The van der Waals surface area contributed by atoms with Gasteiger partial charge in [-0.05, 0) is 6.92 Å². The van der Waals surface area contributed by atoms with Crippen molar-refractivity contribution in [3.8, 4) is 11.8 Å². The van der Waals surface area contributed by atoms with Crippen molar-refractivity contribution in [2.24, 2.45) is 5.73 Å². The van der Waals surface area contributed by atoms with Crippen molar-refractivity contribution in [1.82, 2.24) is 0 Å². The minimum Gasteiger partial charge on any atom is -0.487 e. The summed E-state index contributed by atoms with van der Waals surface area (Å²) in [5, 5.41) is 19.6. The maximum atomic E-state index is 12.0. The van der Waals surface area contributed by atoms with Gasteiger partial charge in [-0.2, -0.15) is 5.26 Å². The maximum absolute atomic E-state index is 12.0. The molecule has 0 aliphatic heterocycles. The summed E-state index contributed by atoms with van der Waals surface area (Å²) in [6.07, 6.45) is 0.820. The van der Waals surface area contributed by atoms with E-state index in [4.69, 9.17) is 27.3 Å². The number of ketones is 1. The largest absolute Gasteiger partial charge is 0.487 e. The van der Waals surface area contributed by atoms with E-state index in [0.29, 0.717) is 0 Å². The van der Waals surface area contributed by atoms with E-state index >= 15 is 0 Å². The summed E-state index contributed by atoms with van der Waals surface area (Å²) in [6, 6.07) is 3.73. The SMILES string of the molecule is CCOc1cc(Cl)c(C(=O)C(C#N)=CN)cc1[N+](=O)[O-]. The summed E-state index contributed by atoms with van der Waals surface area (Å²) >= 11 is 5.89. The highest BCUT2D eigenvalue weighted by atomic mass is 35.5. The predicted molar refractivity (Wildman–Crippen MR) is 71.5 cm³/mol. The third kappa shape index (κ3) is 3.05. The summed E-state index contributed by atoms with van der Waals surface area (Å²) in [7, 11) is 0. The van der Waals surface area contributed by atoms with Crippen LogP contribution in [0.15, 0.2) is 23.9 Å². The van der Waals surface area contributed by atoms with Crippen LogP contribution in [0.3, 0.4) is 0 Å². The Kier molecular flexibility index (Phi) is 5.06. The van der Waals surface area contributed by atoms with Crippen molar-refractivity contribution in [2.75, 3.05) is 6.61 Å². The quantitative estimate of drug-likeness (QED) is 0.292. The molecule has 0 amide bonds. The Bertz CT molecular complexity index is 634. The van der Waals surface area contributed by atoms with Gasteiger partial charge in [-0.3, -0.25) is 14.9 Å². The van der Waals surface area contributed by atoms with Crippen LogP contribution in [0.5, 0.6) is 5.75 Å². The van der Waals surface area contributed by atoms with Crippen LogP contribution in [-0.2, 0) is 0 Å². The second-order valence-corrected chi connectivity index (χ2v) is 3.92. The second-order valence-electron chi connectivity index (χ2n) is 3.51. The van der Waals surface area contributed by atoms with E-state index in [1.54, 1.807) is 13.0 Å². The lowest BCUT2D eigenvalue weighted by Crippen LogP contribution is -2.07. The van der Waals surface area contributed by atoms with Gasteiger partial charge in [0.1, 0.15) is 11.6 Å². The second kappa shape index (κ2) is 6.54. The topological polar surface area (TPSA) is 119 Å². The number of halogens is 1. The van der Waals surface area contributed by atoms with Gasteiger partial charge in [0.15, 0.2) is 5.75 Å². The molecule has 8 heteroatoms. The molecule has 1 aromatic rings. The summed E-state index contributed by atoms with van der Waals surface area (Å²) < 4.78 is 5.09. The van der Waals surface area contributed by atoms with Gasteiger partial charge in [-0.1, -0.05) is 11.6 Å². The Labute approximate surface area is 119 Å². The van der Waals surface area contributed by atoms with Gasteiger partial charge >= 0.3 is 5.69 Å². The first kappa shape index (κ1) is 15.5. The van der Waals surface area contributed by atoms with Crippen molar-refractivity contribution in [1.29, 1.82) is 5.26 Å². The Morgan fingerprint density at radius 2 is 2.30 bits per heavy atom. The van der Waals surface area contributed by atoms with Crippen LogP contribution in [0.4, 0.5) is 5.69 Å². The van der Waals surface area contributed by atoms with Crippen LogP contribution in [0.2, 0.25) is 5.02 Å². The molecule has 0 bridgehead atoms. The molecule has 0 atom stereocenters. The van der Waals surface area contributed by atoms with Crippen LogP contribution < -0.4 is 10.5 Å². The molecule has 0 saturated carbocycles. The molecule has 1 rings (SSSR count). The van der Waals surface area contributed by atoms with E-state index in [9.17, 15) is 14.9 Å². The average Bonchev–Trinajstić information content (AvgIpc) is 2.40. The van der Waals surface area contributed by atoms with E-state index in [1.165, 1.54) is 6.07 Å². The third-order valence-electron chi connectivity index (χ3n) is 2.32. The number of hydrogen-bond acceptors (Lipinski definition) is 6. The van der Waals surface area contributed by atoms with E-state index < -0.39 is 16.4 Å². The highest BCUT2D eigenvalue weighted by Gasteiger charge is 2.23. The Balaban J connectivity index is 3.44. The zero-order valence-corrected chi connectivity index (χ0v) is 11.2. The molecule has 0 unspecified atom stereocenters. The molecule has 0 aromatic heterocycles. The fraction of sp³-hybridized carbons (Fsp3) is 0.167. The molecular weight excluding hydrogens is 286 g/mol. The fourth-order valence-corrected chi connectivity index (χ4v) is 1.68. The lowest BCUT2D eigenvalue weighted by atomic mass is 10.0. The Morgan fingerprint density at radius 3 is 2.75 bits per heavy atom. The fourth-order valence-electron chi connectivity index (χ4n) is 1.44. The third-order valence-corrected chi connectivity index (χ3v) is 2.63. The van der Waals surface area contributed by atoms with Crippen LogP contribution >= 0.6 is 11.6 Å². The van der Waals surface area contributed by atoms with Crippen LogP contribution in [0, 0.1) is 21.4 Å². The number of nitro groups is 1. The number of carbonyl (C=O) groups is 1. The minimum atomic E-state index is -0.786. The number of hydrogen-bond donors (Lipinski definition) is 1. The summed E-state index contributed by atoms with van der Waals surface area (Å²) in [6.45, 7) is 1.86. The first-order valence-corrected chi connectivity index (χ1v) is 5.81. The molecule has 0 fully saturated rings. The number of nitrogens with two attached hydrogens (primary N) is 1. The van der Waals surface area contributed by atoms with Crippen LogP contribution in [-0.4, -0.2) is 17.3 Å². The van der Waals surface area contributed by atoms with Gasteiger partial charge in [0.05, 0.1) is 16.6 Å². The zero-order chi connectivity index (χ0) is 15.3. The first-order valence-electron chi connectivity index (χ1n) is 5.43. The number of allylic oxidation sites excluding steroid dienone is 1. The van der Waals surface area contributed by atoms with Crippen molar-refractivity contribution >= 4 is 23.1 Å². The molecule has 0 saturated heterocycles. The highest BCUT2D eigenvalue weighted by Crippen LogP contribution is 2.34. The smallest absolute Gasteiger partial charge is 0.311 e. The van der Waals surface area contributed by atoms with Gasteiger partial charge in [0, 0.05) is 23.9 Å².